The van der Waals surface area contributed by atoms with Gasteiger partial charge in [-0.15, -0.1) is 0 Å². The van der Waals surface area contributed by atoms with Gasteiger partial charge in [0.15, 0.2) is 0 Å². The molecule has 1 aromatic carbocycles. The molecule has 3 heterocycles. The van der Waals surface area contributed by atoms with Crippen molar-refractivity contribution in [3.8, 4) is 0 Å². The largest absolute Gasteiger partial charge is 0.298 e. The van der Waals surface area contributed by atoms with Crippen LogP contribution in [0.4, 0.5) is 11.4 Å². The number of halogens is 2. The normalized spacial score (nSPS) is 18.3. The first-order valence-corrected chi connectivity index (χ1v) is 9.06. The van der Waals surface area contributed by atoms with Gasteiger partial charge in [-0.3, -0.25) is 9.69 Å². The number of carbonyl (C=O) groups excluding carboxylic acids is 1. The predicted octanol–water partition coefficient (Wildman–Crippen LogP) is 5.03. The van der Waals surface area contributed by atoms with Crippen LogP contribution in [0.5, 0.6) is 0 Å². The maximum Gasteiger partial charge on any atom is 0.273 e. The molecule has 0 radical (unpaired) electrons. The van der Waals surface area contributed by atoms with Crippen molar-refractivity contribution in [2.45, 2.75) is 12.5 Å². The second-order valence-corrected chi connectivity index (χ2v) is 6.82. The molecular formula is C20H14Cl2N4O. The zero-order valence-corrected chi connectivity index (χ0v) is 15.6. The van der Waals surface area contributed by atoms with Crippen molar-refractivity contribution >= 4 is 46.2 Å². The smallest absolute Gasteiger partial charge is 0.273 e. The Hall–Kier alpha value is -2.76. The minimum absolute atomic E-state index is 0.164. The molecule has 1 atom stereocenters. The van der Waals surface area contributed by atoms with Gasteiger partial charge in [0.05, 0.1) is 29.8 Å². The minimum atomic E-state index is -0.166. The summed E-state index contributed by atoms with van der Waals surface area (Å²) in [6.07, 6.45) is 3.63. The SMILES string of the molecule is O=C1C(=Nc2ccc(Cl)nc2)C[C@H](c2ccccc2)N1c1ccc(Cl)nc1. The maximum absolute atomic E-state index is 13.1. The number of amides is 1. The lowest BCUT2D eigenvalue weighted by Gasteiger charge is -2.24. The third-order valence-corrected chi connectivity index (χ3v) is 4.76. The predicted molar refractivity (Wildman–Crippen MR) is 107 cm³/mol. The van der Waals surface area contributed by atoms with Crippen molar-refractivity contribution in [2.24, 2.45) is 4.99 Å². The van der Waals surface area contributed by atoms with Gasteiger partial charge in [-0.1, -0.05) is 53.5 Å². The topological polar surface area (TPSA) is 58.5 Å². The summed E-state index contributed by atoms with van der Waals surface area (Å²) < 4.78 is 0. The summed E-state index contributed by atoms with van der Waals surface area (Å²) in [5, 5.41) is 0.760. The van der Waals surface area contributed by atoms with Crippen LogP contribution in [-0.2, 0) is 4.79 Å². The third kappa shape index (κ3) is 3.70. The second-order valence-electron chi connectivity index (χ2n) is 6.04. The molecule has 1 fully saturated rings. The van der Waals surface area contributed by atoms with Crippen molar-refractivity contribution in [3.05, 3.63) is 82.9 Å². The monoisotopic (exact) mass is 396 g/mol. The summed E-state index contributed by atoms with van der Waals surface area (Å²) in [7, 11) is 0. The number of hydrogen-bond donors (Lipinski definition) is 0. The molecule has 0 saturated carbocycles. The van der Waals surface area contributed by atoms with Gasteiger partial charge in [0.2, 0.25) is 0 Å². The van der Waals surface area contributed by atoms with E-state index < -0.39 is 0 Å². The average molecular weight is 397 g/mol. The van der Waals surface area contributed by atoms with Gasteiger partial charge in [0.25, 0.3) is 5.91 Å². The molecular weight excluding hydrogens is 383 g/mol. The third-order valence-electron chi connectivity index (χ3n) is 4.31. The number of nitrogens with zero attached hydrogens (tertiary/aromatic N) is 4. The Labute approximate surface area is 166 Å². The molecule has 3 aromatic rings. The summed E-state index contributed by atoms with van der Waals surface area (Å²) in [4.78, 5) is 27.5. The van der Waals surface area contributed by atoms with Crippen molar-refractivity contribution in [1.29, 1.82) is 0 Å². The van der Waals surface area contributed by atoms with Crippen molar-refractivity contribution < 1.29 is 4.79 Å². The number of anilines is 1. The highest BCUT2D eigenvalue weighted by atomic mass is 35.5. The van der Waals surface area contributed by atoms with Crippen LogP contribution in [0.3, 0.4) is 0 Å². The number of hydrogen-bond acceptors (Lipinski definition) is 4. The Morgan fingerprint density at radius 1 is 0.926 bits per heavy atom. The van der Waals surface area contributed by atoms with Gasteiger partial charge < -0.3 is 0 Å². The first-order valence-electron chi connectivity index (χ1n) is 8.31. The molecule has 2 aromatic heterocycles. The zero-order valence-electron chi connectivity index (χ0n) is 14.1. The van der Waals surface area contributed by atoms with Crippen LogP contribution < -0.4 is 4.90 Å². The highest BCUT2D eigenvalue weighted by molar-refractivity contribution is 6.46. The zero-order chi connectivity index (χ0) is 18.8. The number of benzene rings is 1. The molecule has 0 aliphatic carbocycles. The molecule has 7 heteroatoms. The minimum Gasteiger partial charge on any atom is -0.298 e. The van der Waals surface area contributed by atoms with E-state index in [1.54, 1.807) is 41.6 Å². The van der Waals surface area contributed by atoms with E-state index in [0.717, 1.165) is 5.56 Å². The van der Waals surface area contributed by atoms with Crippen molar-refractivity contribution in [3.63, 3.8) is 0 Å². The lowest BCUT2D eigenvalue weighted by atomic mass is 10.0. The number of pyridine rings is 2. The van der Waals surface area contributed by atoms with Crippen LogP contribution in [-0.4, -0.2) is 21.6 Å². The van der Waals surface area contributed by atoms with E-state index >= 15 is 0 Å². The van der Waals surface area contributed by atoms with E-state index in [-0.39, 0.29) is 11.9 Å². The van der Waals surface area contributed by atoms with Crippen LogP contribution in [0, 0.1) is 0 Å². The average Bonchev–Trinajstić information content (AvgIpc) is 3.01. The highest BCUT2D eigenvalue weighted by Crippen LogP contribution is 2.36. The summed E-state index contributed by atoms with van der Waals surface area (Å²) in [6, 6.07) is 16.5. The van der Waals surface area contributed by atoms with Crippen molar-refractivity contribution in [2.75, 3.05) is 4.90 Å². The fourth-order valence-electron chi connectivity index (χ4n) is 3.08. The summed E-state index contributed by atoms with van der Waals surface area (Å²) >= 11 is 11.7. The van der Waals surface area contributed by atoms with Crippen LogP contribution in [0.25, 0.3) is 0 Å². The molecule has 27 heavy (non-hydrogen) atoms. The summed E-state index contributed by atoms with van der Waals surface area (Å²) in [5.74, 6) is -0.164. The summed E-state index contributed by atoms with van der Waals surface area (Å²) in [6.45, 7) is 0. The van der Waals surface area contributed by atoms with Crippen LogP contribution in [0.15, 0.2) is 72.0 Å². The Balaban J connectivity index is 1.75. The van der Waals surface area contributed by atoms with E-state index in [1.807, 2.05) is 30.3 Å². The number of rotatable bonds is 3. The van der Waals surface area contributed by atoms with Crippen molar-refractivity contribution in [1.82, 2.24) is 9.97 Å². The lowest BCUT2D eigenvalue weighted by Crippen LogP contribution is -2.29. The first kappa shape index (κ1) is 17.6. The van der Waals surface area contributed by atoms with Crippen LogP contribution >= 0.6 is 23.2 Å². The number of carbonyl (C=O) groups is 1. The molecule has 0 unspecified atom stereocenters. The molecule has 4 rings (SSSR count). The van der Waals surface area contributed by atoms with Crippen LogP contribution in [0.1, 0.15) is 18.0 Å². The second kappa shape index (κ2) is 7.47. The molecule has 1 aliphatic rings. The fourth-order valence-corrected chi connectivity index (χ4v) is 3.30. The number of aromatic nitrogens is 2. The van der Waals surface area contributed by atoms with E-state index in [9.17, 15) is 4.79 Å². The van der Waals surface area contributed by atoms with Gasteiger partial charge in [-0.05, 0) is 29.8 Å². The fraction of sp³-hybridized carbons (Fsp3) is 0.100. The Kier molecular flexibility index (Phi) is 4.88. The van der Waals surface area contributed by atoms with E-state index in [0.29, 0.717) is 33.8 Å². The maximum atomic E-state index is 13.1. The molecule has 1 saturated heterocycles. The van der Waals surface area contributed by atoms with Gasteiger partial charge >= 0.3 is 0 Å². The van der Waals surface area contributed by atoms with Gasteiger partial charge in [-0.25, -0.2) is 15.0 Å². The molecule has 0 N–H and O–H groups in total. The summed E-state index contributed by atoms with van der Waals surface area (Å²) in [5.41, 5.74) is 2.76. The molecule has 0 bridgehead atoms. The number of aliphatic imine (C=N–C) groups is 1. The quantitative estimate of drug-likeness (QED) is 0.583. The Morgan fingerprint density at radius 3 is 2.26 bits per heavy atom. The Bertz CT molecular complexity index is 989. The highest BCUT2D eigenvalue weighted by Gasteiger charge is 2.38. The molecule has 134 valence electrons. The molecule has 0 spiro atoms. The van der Waals surface area contributed by atoms with Gasteiger partial charge in [-0.2, -0.15) is 0 Å². The van der Waals surface area contributed by atoms with E-state index in [4.69, 9.17) is 23.2 Å². The standard InChI is InChI=1S/C20H14Cl2N4O/c21-18-8-6-14(11-23-18)25-16-10-17(13-4-2-1-3-5-13)26(20(16)27)15-7-9-19(22)24-12-15/h1-9,11-12,17H,10H2/t17-/m1/s1. The first-order chi connectivity index (χ1) is 13.1. The van der Waals surface area contributed by atoms with Gasteiger partial charge in [0.1, 0.15) is 16.0 Å². The Morgan fingerprint density at radius 2 is 1.63 bits per heavy atom. The molecule has 1 aliphatic heterocycles. The van der Waals surface area contributed by atoms with E-state index in [2.05, 4.69) is 15.0 Å². The molecule has 5 nitrogen and oxygen atoms in total. The van der Waals surface area contributed by atoms with Crippen LogP contribution in [0.2, 0.25) is 10.3 Å². The van der Waals surface area contributed by atoms with E-state index in [1.165, 1.54) is 0 Å². The lowest BCUT2D eigenvalue weighted by molar-refractivity contribution is -0.112. The molecule has 1 amide bonds. The van der Waals surface area contributed by atoms with Gasteiger partial charge in [0, 0.05) is 6.42 Å².